The molecular weight excluding hydrogens is 508 g/mol. The Morgan fingerprint density at radius 3 is 2.62 bits per heavy atom. The molecule has 3 atom stereocenters. The second-order valence-corrected chi connectivity index (χ2v) is 10.2. The Bertz CT molecular complexity index is 1050. The van der Waals surface area contributed by atoms with Gasteiger partial charge in [0.1, 0.15) is 0 Å². The summed E-state index contributed by atoms with van der Waals surface area (Å²) in [5.74, 6) is -0.925. The van der Waals surface area contributed by atoms with E-state index in [1.54, 1.807) is 29.0 Å². The third-order valence-electron chi connectivity index (χ3n) is 7.63. The van der Waals surface area contributed by atoms with E-state index in [0.717, 1.165) is 18.4 Å². The number of aliphatic carboxylic acids is 1. The van der Waals surface area contributed by atoms with Crippen molar-refractivity contribution in [3.63, 3.8) is 0 Å². The molecule has 0 bridgehead atoms. The van der Waals surface area contributed by atoms with Gasteiger partial charge in [-0.3, -0.25) is 19.3 Å². The molecule has 3 amide bonds. The number of methoxy groups -OCH3 is 1. The molecule has 0 saturated carbocycles. The molecule has 12 heteroatoms. The van der Waals surface area contributed by atoms with Crippen molar-refractivity contribution in [3.05, 3.63) is 17.7 Å². The average Bonchev–Trinajstić information content (AvgIpc) is 3.62. The molecule has 0 spiro atoms. The first-order chi connectivity index (χ1) is 18.8. The number of hydrogen-bond donors (Lipinski definition) is 1. The van der Waals surface area contributed by atoms with Crippen LogP contribution in [0.2, 0.25) is 0 Å². The Morgan fingerprint density at radius 1 is 1.18 bits per heavy atom. The zero-order valence-corrected chi connectivity index (χ0v) is 23.3. The SMILES string of the molecule is CCCON(CCC)C(=O)CN1CC(c2cc(OC)c3c(c2)OCO3)C(C(=O)O)C1CCN1CCN(C)C1=O. The van der Waals surface area contributed by atoms with Gasteiger partial charge in [-0.25, -0.2) is 9.86 Å². The molecule has 39 heavy (non-hydrogen) atoms. The van der Waals surface area contributed by atoms with Crippen LogP contribution in [0.5, 0.6) is 17.2 Å². The summed E-state index contributed by atoms with van der Waals surface area (Å²) in [7, 11) is 3.28. The fourth-order valence-electron chi connectivity index (χ4n) is 5.67. The largest absolute Gasteiger partial charge is 0.493 e. The number of likely N-dealkylation sites (tertiary alicyclic amines) is 1. The van der Waals surface area contributed by atoms with Crippen LogP contribution in [-0.2, 0) is 14.4 Å². The standard InChI is InChI=1S/C27H40N4O8/c1-5-8-31(39-12-6-2)23(32)16-30-15-19(18-13-21(36-4)25-22(14-18)37-17-38-25)24(26(33)34)20(30)7-9-29-11-10-28(3)27(29)35/h13-14,19-20,24H,5-12,15-17H2,1-4H3,(H,33,34). The van der Waals surface area contributed by atoms with Crippen molar-refractivity contribution in [1.29, 1.82) is 0 Å². The van der Waals surface area contributed by atoms with Crippen molar-refractivity contribution in [1.82, 2.24) is 19.8 Å². The number of carboxylic acid groups (broad SMARTS) is 1. The first-order valence-electron chi connectivity index (χ1n) is 13.7. The van der Waals surface area contributed by atoms with Gasteiger partial charge in [-0.1, -0.05) is 13.8 Å². The lowest BCUT2D eigenvalue weighted by Gasteiger charge is -2.30. The van der Waals surface area contributed by atoms with Gasteiger partial charge in [-0.15, -0.1) is 0 Å². The number of carbonyl (C=O) groups is 3. The highest BCUT2D eigenvalue weighted by Crippen LogP contribution is 2.47. The molecule has 3 heterocycles. The van der Waals surface area contributed by atoms with E-state index in [1.165, 1.54) is 12.2 Å². The smallest absolute Gasteiger partial charge is 0.319 e. The zero-order valence-electron chi connectivity index (χ0n) is 23.3. The number of rotatable bonds is 13. The summed E-state index contributed by atoms with van der Waals surface area (Å²) in [6.07, 6.45) is 1.93. The summed E-state index contributed by atoms with van der Waals surface area (Å²) >= 11 is 0. The number of hydroxylamine groups is 2. The van der Waals surface area contributed by atoms with Crippen molar-refractivity contribution < 1.29 is 38.5 Å². The summed E-state index contributed by atoms with van der Waals surface area (Å²) in [6, 6.07) is 3.06. The number of amides is 3. The number of likely N-dealkylation sites (N-methyl/N-ethyl adjacent to an activating group) is 1. The van der Waals surface area contributed by atoms with Crippen LogP contribution in [0.25, 0.3) is 0 Å². The van der Waals surface area contributed by atoms with Gasteiger partial charge < -0.3 is 29.1 Å². The van der Waals surface area contributed by atoms with Gasteiger partial charge in [0, 0.05) is 51.7 Å². The molecule has 3 aliphatic heterocycles. The summed E-state index contributed by atoms with van der Waals surface area (Å²) in [5, 5.41) is 11.9. The average molecular weight is 549 g/mol. The fourth-order valence-corrected chi connectivity index (χ4v) is 5.67. The second kappa shape index (κ2) is 12.7. The Morgan fingerprint density at radius 2 is 1.97 bits per heavy atom. The molecule has 0 aliphatic carbocycles. The van der Waals surface area contributed by atoms with E-state index in [4.69, 9.17) is 19.0 Å². The molecule has 3 aliphatic rings. The first kappa shape index (κ1) is 28.8. The maximum Gasteiger partial charge on any atom is 0.319 e. The third-order valence-corrected chi connectivity index (χ3v) is 7.63. The van der Waals surface area contributed by atoms with Gasteiger partial charge >= 0.3 is 12.0 Å². The van der Waals surface area contributed by atoms with Crippen LogP contribution in [0.1, 0.15) is 44.6 Å². The lowest BCUT2D eigenvalue weighted by Crippen LogP contribution is -2.45. The maximum absolute atomic E-state index is 13.4. The number of urea groups is 1. The van der Waals surface area contributed by atoms with Gasteiger partial charge in [0.05, 0.1) is 26.2 Å². The van der Waals surface area contributed by atoms with Crippen molar-refractivity contribution >= 4 is 17.9 Å². The molecule has 1 N–H and O–H groups in total. The highest BCUT2D eigenvalue weighted by molar-refractivity contribution is 5.78. The zero-order chi connectivity index (χ0) is 28.1. The van der Waals surface area contributed by atoms with E-state index in [2.05, 4.69) is 0 Å². The lowest BCUT2D eigenvalue weighted by atomic mass is 9.84. The Hall–Kier alpha value is -3.25. The van der Waals surface area contributed by atoms with Gasteiger partial charge in [0.25, 0.3) is 5.91 Å². The van der Waals surface area contributed by atoms with Crippen molar-refractivity contribution in [2.75, 3.05) is 66.8 Å². The van der Waals surface area contributed by atoms with Crippen LogP contribution < -0.4 is 14.2 Å². The van der Waals surface area contributed by atoms with Crippen LogP contribution in [0, 0.1) is 5.92 Å². The van der Waals surface area contributed by atoms with Gasteiger partial charge in [0.15, 0.2) is 11.5 Å². The molecule has 3 unspecified atom stereocenters. The van der Waals surface area contributed by atoms with E-state index < -0.39 is 23.8 Å². The number of fused-ring (bicyclic) bond motifs is 1. The predicted octanol–water partition coefficient (Wildman–Crippen LogP) is 2.23. The third kappa shape index (κ3) is 6.17. The highest BCUT2D eigenvalue weighted by atomic mass is 16.7. The normalized spacial score (nSPS) is 22.6. The molecular formula is C27H40N4O8. The number of hydrogen-bond acceptors (Lipinski definition) is 8. The van der Waals surface area contributed by atoms with Crippen LogP contribution in [0.4, 0.5) is 4.79 Å². The Labute approximate surface area is 229 Å². The minimum atomic E-state index is -0.950. The molecule has 216 valence electrons. The van der Waals surface area contributed by atoms with Gasteiger partial charge in [-0.05, 0) is 37.0 Å². The topological polar surface area (TPSA) is 121 Å². The highest BCUT2D eigenvalue weighted by Gasteiger charge is 2.48. The van der Waals surface area contributed by atoms with Crippen LogP contribution in [0.15, 0.2) is 12.1 Å². The van der Waals surface area contributed by atoms with Crippen molar-refractivity contribution in [2.45, 2.75) is 45.1 Å². The maximum atomic E-state index is 13.4. The summed E-state index contributed by atoms with van der Waals surface area (Å²) in [4.78, 5) is 49.7. The second-order valence-electron chi connectivity index (χ2n) is 10.2. The van der Waals surface area contributed by atoms with Gasteiger partial charge in [-0.2, -0.15) is 0 Å². The fraction of sp³-hybridized carbons (Fsp3) is 0.667. The molecule has 0 aromatic heterocycles. The molecule has 0 radical (unpaired) electrons. The summed E-state index contributed by atoms with van der Waals surface area (Å²) < 4.78 is 16.6. The van der Waals surface area contributed by atoms with Crippen LogP contribution in [0.3, 0.4) is 0 Å². The molecule has 12 nitrogen and oxygen atoms in total. The number of nitrogens with zero attached hydrogens (tertiary/aromatic N) is 4. The first-order valence-corrected chi connectivity index (χ1v) is 13.7. The van der Waals surface area contributed by atoms with Gasteiger partial charge in [0.2, 0.25) is 12.5 Å². The summed E-state index contributed by atoms with van der Waals surface area (Å²) in [6.45, 7) is 6.90. The quantitative estimate of drug-likeness (QED) is 0.370. The molecule has 2 saturated heterocycles. The van der Waals surface area contributed by atoms with Crippen molar-refractivity contribution in [3.8, 4) is 17.2 Å². The van der Waals surface area contributed by atoms with Crippen LogP contribution >= 0.6 is 0 Å². The number of carboxylic acids is 1. The minimum absolute atomic E-state index is 0.0181. The monoisotopic (exact) mass is 548 g/mol. The summed E-state index contributed by atoms with van der Waals surface area (Å²) in [5.41, 5.74) is 0.744. The molecule has 1 aromatic carbocycles. The van der Waals surface area contributed by atoms with Crippen molar-refractivity contribution in [2.24, 2.45) is 5.92 Å². The Balaban J connectivity index is 1.62. The van der Waals surface area contributed by atoms with E-state index in [0.29, 0.717) is 63.0 Å². The number of ether oxygens (including phenoxy) is 3. The minimum Gasteiger partial charge on any atom is -0.493 e. The van der Waals surface area contributed by atoms with E-state index in [1.807, 2.05) is 18.7 Å². The van der Waals surface area contributed by atoms with E-state index in [9.17, 15) is 19.5 Å². The van der Waals surface area contributed by atoms with Crippen LogP contribution in [-0.4, -0.2) is 116 Å². The molecule has 2 fully saturated rings. The van der Waals surface area contributed by atoms with E-state index >= 15 is 0 Å². The molecule has 1 aromatic rings. The molecule has 4 rings (SSSR count). The number of benzene rings is 1. The van der Waals surface area contributed by atoms with E-state index in [-0.39, 0.29) is 25.3 Å². The number of carbonyl (C=O) groups excluding carboxylic acids is 2. The lowest BCUT2D eigenvalue weighted by molar-refractivity contribution is -0.188. The predicted molar refractivity (Wildman–Crippen MR) is 141 cm³/mol. The Kier molecular flexibility index (Phi) is 9.39.